The van der Waals surface area contributed by atoms with Gasteiger partial charge in [0, 0.05) is 0 Å². The summed E-state index contributed by atoms with van der Waals surface area (Å²) in [5, 5.41) is 14.2. The van der Waals surface area contributed by atoms with Crippen molar-refractivity contribution in [1.82, 2.24) is 20.6 Å². The maximum absolute atomic E-state index is 6.40. The van der Waals surface area contributed by atoms with Gasteiger partial charge in [0.25, 0.3) is 0 Å². The Morgan fingerprint density at radius 3 is 2.67 bits per heavy atom. The highest BCUT2D eigenvalue weighted by molar-refractivity contribution is 5.07. The minimum Gasteiger partial charge on any atom is -0.318 e. The summed E-state index contributed by atoms with van der Waals surface area (Å²) in [7, 11) is 0. The Labute approximate surface area is 89.8 Å². The second-order valence-corrected chi connectivity index (χ2v) is 5.55. The van der Waals surface area contributed by atoms with Gasteiger partial charge in [0.2, 0.25) is 0 Å². The normalized spacial score (nSPS) is 35.3. The van der Waals surface area contributed by atoms with Crippen molar-refractivity contribution in [3.63, 3.8) is 0 Å². The van der Waals surface area contributed by atoms with Crippen molar-refractivity contribution in [2.24, 2.45) is 17.1 Å². The predicted molar refractivity (Wildman–Crippen MR) is 56.8 cm³/mol. The van der Waals surface area contributed by atoms with Gasteiger partial charge < -0.3 is 5.73 Å². The lowest BCUT2D eigenvalue weighted by atomic mass is 9.64. The number of aromatic amines is 1. The Hall–Kier alpha value is -0.970. The van der Waals surface area contributed by atoms with Crippen LogP contribution < -0.4 is 5.73 Å². The van der Waals surface area contributed by atoms with Crippen molar-refractivity contribution < 1.29 is 0 Å². The minimum absolute atomic E-state index is 0.381. The zero-order chi connectivity index (χ0) is 11.1. The van der Waals surface area contributed by atoms with Gasteiger partial charge in [-0.25, -0.2) is 0 Å². The van der Waals surface area contributed by atoms with E-state index in [-0.39, 0.29) is 0 Å². The summed E-state index contributed by atoms with van der Waals surface area (Å²) < 4.78 is 0. The molecule has 1 aliphatic rings. The molecule has 1 heterocycles. The number of nitrogens with two attached hydrogens (primary N) is 1. The van der Waals surface area contributed by atoms with Gasteiger partial charge >= 0.3 is 0 Å². The van der Waals surface area contributed by atoms with Gasteiger partial charge in [-0.1, -0.05) is 26.0 Å². The van der Waals surface area contributed by atoms with Crippen molar-refractivity contribution in [2.75, 3.05) is 0 Å². The van der Waals surface area contributed by atoms with Crippen molar-refractivity contribution >= 4 is 0 Å². The number of rotatable bonds is 1. The Bertz CT molecular complexity index is 332. The molecular formula is C10H19N5. The standard InChI is InChI=1S/C10H19N5/c1-7-6-9(2,3)4-5-10(7,11)8-12-14-15-13-8/h7H,4-6,11H2,1-3H3,(H,12,13,14,15). The largest absolute Gasteiger partial charge is 0.318 e. The maximum atomic E-state index is 6.40. The lowest BCUT2D eigenvalue weighted by Gasteiger charge is -2.44. The summed E-state index contributed by atoms with van der Waals surface area (Å²) in [5.41, 5.74) is 6.39. The van der Waals surface area contributed by atoms with Crippen LogP contribution >= 0.6 is 0 Å². The highest BCUT2D eigenvalue weighted by Crippen LogP contribution is 2.46. The van der Waals surface area contributed by atoms with Gasteiger partial charge in [0.1, 0.15) is 0 Å². The zero-order valence-corrected chi connectivity index (χ0v) is 9.62. The number of nitrogens with one attached hydrogen (secondary N) is 1. The molecule has 3 N–H and O–H groups in total. The summed E-state index contributed by atoms with van der Waals surface area (Å²) >= 11 is 0. The van der Waals surface area contributed by atoms with E-state index in [2.05, 4.69) is 41.4 Å². The molecule has 2 rings (SSSR count). The molecule has 1 saturated carbocycles. The molecule has 0 saturated heterocycles. The molecule has 1 fully saturated rings. The number of aromatic nitrogens is 4. The van der Waals surface area contributed by atoms with E-state index in [9.17, 15) is 0 Å². The molecule has 5 nitrogen and oxygen atoms in total. The van der Waals surface area contributed by atoms with Crippen LogP contribution in [0.5, 0.6) is 0 Å². The van der Waals surface area contributed by atoms with Crippen LogP contribution in [0.4, 0.5) is 0 Å². The quantitative estimate of drug-likeness (QED) is 0.728. The summed E-state index contributed by atoms with van der Waals surface area (Å²) in [5.74, 6) is 1.05. The number of hydrogen-bond donors (Lipinski definition) is 2. The van der Waals surface area contributed by atoms with Gasteiger partial charge in [-0.05, 0) is 30.6 Å². The van der Waals surface area contributed by atoms with Crippen molar-refractivity contribution in [3.8, 4) is 0 Å². The van der Waals surface area contributed by atoms with E-state index >= 15 is 0 Å². The van der Waals surface area contributed by atoms with Crippen LogP contribution in [0.2, 0.25) is 0 Å². The van der Waals surface area contributed by atoms with Gasteiger partial charge in [-0.3, -0.25) is 0 Å². The number of tetrazole rings is 1. The van der Waals surface area contributed by atoms with Crippen LogP contribution in [0.15, 0.2) is 0 Å². The van der Waals surface area contributed by atoms with E-state index in [1.54, 1.807) is 0 Å². The second-order valence-electron chi connectivity index (χ2n) is 5.55. The summed E-state index contributed by atoms with van der Waals surface area (Å²) in [4.78, 5) is 0. The first-order chi connectivity index (χ1) is 6.94. The molecule has 2 unspecified atom stereocenters. The summed E-state index contributed by atoms with van der Waals surface area (Å²) in [6, 6.07) is 0. The number of hydrogen-bond acceptors (Lipinski definition) is 4. The molecule has 84 valence electrons. The Morgan fingerprint density at radius 1 is 1.40 bits per heavy atom. The highest BCUT2D eigenvalue weighted by Gasteiger charge is 2.44. The Morgan fingerprint density at radius 2 is 2.13 bits per heavy atom. The van der Waals surface area contributed by atoms with E-state index in [0.717, 1.165) is 19.3 Å². The third-order valence-electron chi connectivity index (χ3n) is 3.72. The third kappa shape index (κ3) is 1.76. The third-order valence-corrected chi connectivity index (χ3v) is 3.72. The van der Waals surface area contributed by atoms with Crippen LogP contribution in [-0.4, -0.2) is 20.6 Å². The first kappa shape index (κ1) is 10.5. The van der Waals surface area contributed by atoms with Crippen molar-refractivity contribution in [1.29, 1.82) is 0 Å². The molecule has 2 atom stereocenters. The van der Waals surface area contributed by atoms with E-state index in [0.29, 0.717) is 17.2 Å². The van der Waals surface area contributed by atoms with Crippen LogP contribution in [-0.2, 0) is 5.54 Å². The molecule has 0 bridgehead atoms. The van der Waals surface area contributed by atoms with Crippen molar-refractivity contribution in [2.45, 2.75) is 45.6 Å². The molecule has 1 aromatic heterocycles. The zero-order valence-electron chi connectivity index (χ0n) is 9.62. The van der Waals surface area contributed by atoms with Crippen molar-refractivity contribution in [3.05, 3.63) is 5.82 Å². The smallest absolute Gasteiger partial charge is 0.194 e. The van der Waals surface area contributed by atoms with E-state index in [4.69, 9.17) is 5.73 Å². The average Bonchev–Trinajstić information content (AvgIpc) is 2.64. The fourth-order valence-corrected chi connectivity index (χ4v) is 2.60. The summed E-state index contributed by atoms with van der Waals surface area (Å²) in [6.07, 6.45) is 3.15. The molecule has 15 heavy (non-hydrogen) atoms. The molecule has 0 radical (unpaired) electrons. The van der Waals surface area contributed by atoms with E-state index < -0.39 is 5.54 Å². The van der Waals surface area contributed by atoms with Crippen LogP contribution in [0.1, 0.15) is 45.9 Å². The average molecular weight is 209 g/mol. The molecule has 0 spiro atoms. The second kappa shape index (κ2) is 3.27. The molecular weight excluding hydrogens is 190 g/mol. The molecule has 0 aromatic carbocycles. The molecule has 1 aliphatic carbocycles. The predicted octanol–water partition coefficient (Wildman–Crippen LogP) is 1.20. The fraction of sp³-hybridized carbons (Fsp3) is 0.900. The van der Waals surface area contributed by atoms with Crippen LogP contribution in [0.25, 0.3) is 0 Å². The topological polar surface area (TPSA) is 80.5 Å². The first-order valence-corrected chi connectivity index (χ1v) is 5.47. The molecule has 5 heteroatoms. The highest BCUT2D eigenvalue weighted by atomic mass is 15.5. The van der Waals surface area contributed by atoms with Gasteiger partial charge in [-0.2, -0.15) is 5.21 Å². The number of H-pyrrole nitrogens is 1. The monoisotopic (exact) mass is 209 g/mol. The Balaban J connectivity index is 2.24. The molecule has 0 amide bonds. The Kier molecular flexibility index (Phi) is 2.30. The van der Waals surface area contributed by atoms with E-state index in [1.165, 1.54) is 0 Å². The van der Waals surface area contributed by atoms with Gasteiger partial charge in [-0.15, -0.1) is 10.2 Å². The van der Waals surface area contributed by atoms with Crippen LogP contribution in [0, 0.1) is 11.3 Å². The van der Waals surface area contributed by atoms with Gasteiger partial charge in [0.15, 0.2) is 5.82 Å². The number of nitrogens with zero attached hydrogens (tertiary/aromatic N) is 3. The minimum atomic E-state index is -0.400. The molecule has 0 aliphatic heterocycles. The van der Waals surface area contributed by atoms with Gasteiger partial charge in [0.05, 0.1) is 5.54 Å². The maximum Gasteiger partial charge on any atom is 0.194 e. The van der Waals surface area contributed by atoms with E-state index in [1.807, 2.05) is 0 Å². The lowest BCUT2D eigenvalue weighted by molar-refractivity contribution is 0.0951. The van der Waals surface area contributed by atoms with Crippen LogP contribution in [0.3, 0.4) is 0 Å². The molecule has 1 aromatic rings. The fourth-order valence-electron chi connectivity index (χ4n) is 2.60. The summed E-state index contributed by atoms with van der Waals surface area (Å²) in [6.45, 7) is 6.76. The lowest BCUT2D eigenvalue weighted by Crippen LogP contribution is -2.49. The first-order valence-electron chi connectivity index (χ1n) is 5.47. The SMILES string of the molecule is CC1CC(C)(C)CCC1(N)c1nn[nH]n1.